The molecular formula is C28H41F3N2O4S. The summed E-state index contributed by atoms with van der Waals surface area (Å²) in [5.74, 6) is -1.59. The third-order valence-corrected chi connectivity index (χ3v) is 7.99. The first-order valence-corrected chi connectivity index (χ1v) is 13.8. The highest BCUT2D eigenvalue weighted by Gasteiger charge is 2.37. The zero-order valence-electron chi connectivity index (χ0n) is 23.0. The Morgan fingerprint density at radius 2 is 2.00 bits per heavy atom. The van der Waals surface area contributed by atoms with E-state index in [1.54, 1.807) is 32.9 Å². The Kier molecular flexibility index (Phi) is 11.8. The van der Waals surface area contributed by atoms with Crippen LogP contribution >= 0.6 is 11.3 Å². The van der Waals surface area contributed by atoms with E-state index in [4.69, 9.17) is 4.74 Å². The average Bonchev–Trinajstić information content (AvgIpc) is 3.27. The molecule has 0 spiro atoms. The smallest absolute Gasteiger partial charge is 0.412 e. The SMILES string of the molecule is CNCc1nc(/C=C(\C)C2C/C=C(/C(F)(F)F)C/C=C/C(C)C(O)C(C)C(O)C(C)(C)CCC(=O)O2)cs1. The van der Waals surface area contributed by atoms with Crippen molar-refractivity contribution < 1.29 is 32.9 Å². The molecule has 2 rings (SSSR count). The van der Waals surface area contributed by atoms with Crippen molar-refractivity contribution in [1.29, 1.82) is 0 Å². The number of hydrogen-bond acceptors (Lipinski definition) is 7. The number of rotatable bonds is 4. The molecule has 2 heterocycles. The van der Waals surface area contributed by atoms with E-state index in [0.29, 0.717) is 17.8 Å². The van der Waals surface area contributed by atoms with Crippen LogP contribution in [0.25, 0.3) is 6.08 Å². The standard InChI is InChI=1S/C28H41F3N2O4S/c1-17-8-7-9-20(28(29,30)31)10-11-22(18(2)14-21-16-38-23(33-21)15-32-6)37-24(34)12-13-27(4,5)26(36)19(3)25(17)35/h7-8,10,14,16-17,19,22,25-26,32,35-36H,9,11-13,15H2,1-6H3/b8-7+,18-14+,20-10+. The number of nitrogens with one attached hydrogen (secondary N) is 1. The topological polar surface area (TPSA) is 91.7 Å². The fourth-order valence-corrected chi connectivity index (χ4v) is 5.29. The average molecular weight is 559 g/mol. The molecular weight excluding hydrogens is 517 g/mol. The normalized spacial score (nSPS) is 30.8. The fourth-order valence-electron chi connectivity index (χ4n) is 4.53. The summed E-state index contributed by atoms with van der Waals surface area (Å²) in [5, 5.41) is 27.4. The number of alkyl halides is 3. The Morgan fingerprint density at radius 3 is 2.63 bits per heavy atom. The number of carbonyl (C=O) groups is 1. The summed E-state index contributed by atoms with van der Waals surface area (Å²) in [4.78, 5) is 17.3. The molecule has 1 aromatic heterocycles. The number of aromatic nitrogens is 1. The van der Waals surface area contributed by atoms with E-state index in [1.165, 1.54) is 17.4 Å². The minimum Gasteiger partial charge on any atom is -0.457 e. The summed E-state index contributed by atoms with van der Waals surface area (Å²) in [6, 6.07) is 0. The van der Waals surface area contributed by atoms with Gasteiger partial charge in [-0.2, -0.15) is 13.2 Å². The van der Waals surface area contributed by atoms with Crippen LogP contribution in [-0.2, 0) is 16.1 Å². The Hall–Kier alpha value is -2.01. The van der Waals surface area contributed by atoms with Gasteiger partial charge >= 0.3 is 12.1 Å². The number of cyclic esters (lactones) is 1. The third kappa shape index (κ3) is 9.32. The van der Waals surface area contributed by atoms with E-state index >= 15 is 0 Å². The lowest BCUT2D eigenvalue weighted by Gasteiger charge is -2.37. The van der Waals surface area contributed by atoms with Crippen LogP contribution in [0, 0.1) is 17.3 Å². The lowest BCUT2D eigenvalue weighted by molar-refractivity contribution is -0.148. The van der Waals surface area contributed by atoms with Gasteiger partial charge in [0, 0.05) is 42.2 Å². The summed E-state index contributed by atoms with van der Waals surface area (Å²) >= 11 is 1.46. The number of nitrogens with zero attached hydrogens (tertiary/aromatic N) is 1. The molecule has 0 saturated heterocycles. The molecule has 38 heavy (non-hydrogen) atoms. The molecule has 0 saturated carbocycles. The molecule has 10 heteroatoms. The van der Waals surface area contributed by atoms with Crippen LogP contribution in [0.2, 0.25) is 0 Å². The van der Waals surface area contributed by atoms with Crippen molar-refractivity contribution in [2.24, 2.45) is 17.3 Å². The van der Waals surface area contributed by atoms with Gasteiger partial charge in [-0.1, -0.05) is 45.9 Å². The fraction of sp³-hybridized carbons (Fsp3) is 0.643. The summed E-state index contributed by atoms with van der Waals surface area (Å²) in [6.07, 6.45) is -1.88. The van der Waals surface area contributed by atoms with E-state index < -0.39 is 53.3 Å². The van der Waals surface area contributed by atoms with Gasteiger partial charge in [0.1, 0.15) is 11.1 Å². The summed E-state index contributed by atoms with van der Waals surface area (Å²) in [7, 11) is 1.81. The van der Waals surface area contributed by atoms with E-state index in [9.17, 15) is 28.2 Å². The number of carbonyl (C=O) groups excluding carboxylic acids is 1. The Morgan fingerprint density at radius 1 is 1.32 bits per heavy atom. The minimum atomic E-state index is -4.56. The van der Waals surface area contributed by atoms with Gasteiger partial charge in [-0.25, -0.2) is 4.98 Å². The molecule has 1 aliphatic heterocycles. The molecule has 0 aromatic carbocycles. The number of hydrogen-bond donors (Lipinski definition) is 3. The maximum atomic E-state index is 13.8. The van der Waals surface area contributed by atoms with Crippen LogP contribution < -0.4 is 5.32 Å². The molecule has 1 aromatic rings. The number of aliphatic hydroxyl groups excluding tert-OH is 2. The zero-order chi connectivity index (χ0) is 28.7. The first-order valence-electron chi connectivity index (χ1n) is 12.9. The number of aliphatic hydroxyl groups is 2. The van der Waals surface area contributed by atoms with Gasteiger partial charge in [-0.05, 0) is 43.9 Å². The van der Waals surface area contributed by atoms with Crippen molar-refractivity contribution in [3.8, 4) is 0 Å². The largest absolute Gasteiger partial charge is 0.457 e. The predicted octanol–water partition coefficient (Wildman–Crippen LogP) is 5.82. The van der Waals surface area contributed by atoms with Crippen LogP contribution in [0.5, 0.6) is 0 Å². The van der Waals surface area contributed by atoms with Crippen LogP contribution in [0.4, 0.5) is 13.2 Å². The maximum Gasteiger partial charge on any atom is 0.412 e. The lowest BCUT2D eigenvalue weighted by Crippen LogP contribution is -2.42. The van der Waals surface area contributed by atoms with Gasteiger partial charge < -0.3 is 20.3 Å². The van der Waals surface area contributed by atoms with Crippen LogP contribution in [0.1, 0.15) is 71.0 Å². The number of allylic oxidation sites excluding steroid dienone is 2. The minimum absolute atomic E-state index is 0.0228. The molecule has 3 N–H and O–H groups in total. The molecule has 0 amide bonds. The van der Waals surface area contributed by atoms with Crippen molar-refractivity contribution >= 4 is 23.4 Å². The second-order valence-electron chi connectivity index (χ2n) is 10.8. The number of thiazole rings is 1. The summed E-state index contributed by atoms with van der Waals surface area (Å²) < 4.78 is 47.1. The van der Waals surface area contributed by atoms with Gasteiger partial charge in [-0.3, -0.25) is 4.79 Å². The Labute approximate surface area is 227 Å². The van der Waals surface area contributed by atoms with Crippen molar-refractivity contribution in [3.05, 3.63) is 45.5 Å². The van der Waals surface area contributed by atoms with E-state index in [-0.39, 0.29) is 25.7 Å². The number of halogens is 3. The predicted molar refractivity (Wildman–Crippen MR) is 144 cm³/mol. The van der Waals surface area contributed by atoms with Crippen LogP contribution in [0.3, 0.4) is 0 Å². The molecule has 0 bridgehead atoms. The second kappa shape index (κ2) is 13.9. The Bertz CT molecular complexity index is 1020. The van der Waals surface area contributed by atoms with Crippen molar-refractivity contribution in [2.45, 2.75) is 91.3 Å². The summed E-state index contributed by atoms with van der Waals surface area (Å²) in [6.45, 7) is 9.37. The third-order valence-electron chi connectivity index (χ3n) is 7.12. The zero-order valence-corrected chi connectivity index (χ0v) is 23.8. The first kappa shape index (κ1) is 32.2. The molecule has 6 nitrogen and oxygen atoms in total. The van der Waals surface area contributed by atoms with Crippen LogP contribution in [0.15, 0.2) is 34.8 Å². The highest BCUT2D eigenvalue weighted by atomic mass is 32.1. The first-order chi connectivity index (χ1) is 17.7. The molecule has 0 aliphatic carbocycles. The van der Waals surface area contributed by atoms with Gasteiger partial charge in [0.2, 0.25) is 0 Å². The number of ether oxygens (including phenoxy) is 1. The van der Waals surface area contributed by atoms with Gasteiger partial charge in [0.05, 0.1) is 17.9 Å². The van der Waals surface area contributed by atoms with Crippen molar-refractivity contribution in [2.75, 3.05) is 7.05 Å². The molecule has 0 radical (unpaired) electrons. The van der Waals surface area contributed by atoms with E-state index in [0.717, 1.165) is 11.1 Å². The van der Waals surface area contributed by atoms with Gasteiger partial charge in [0.15, 0.2) is 0 Å². The molecule has 5 unspecified atom stereocenters. The van der Waals surface area contributed by atoms with E-state index in [2.05, 4.69) is 10.3 Å². The van der Waals surface area contributed by atoms with Gasteiger partial charge in [0.25, 0.3) is 0 Å². The lowest BCUT2D eigenvalue weighted by atomic mass is 9.73. The molecule has 1 aliphatic rings. The monoisotopic (exact) mass is 558 g/mol. The van der Waals surface area contributed by atoms with E-state index in [1.807, 2.05) is 26.3 Å². The highest BCUT2D eigenvalue weighted by molar-refractivity contribution is 7.09. The van der Waals surface area contributed by atoms with Crippen molar-refractivity contribution in [3.63, 3.8) is 0 Å². The number of esters is 1. The highest BCUT2D eigenvalue weighted by Crippen LogP contribution is 2.35. The Balaban J connectivity index is 2.43. The molecule has 5 atom stereocenters. The second-order valence-corrected chi connectivity index (χ2v) is 11.7. The van der Waals surface area contributed by atoms with Crippen LogP contribution in [-0.4, -0.2) is 52.7 Å². The molecule has 214 valence electrons. The van der Waals surface area contributed by atoms with Gasteiger partial charge in [-0.15, -0.1) is 11.3 Å². The van der Waals surface area contributed by atoms with Crippen molar-refractivity contribution in [1.82, 2.24) is 10.3 Å². The summed E-state index contributed by atoms with van der Waals surface area (Å²) in [5.41, 5.74) is -0.224. The quantitative estimate of drug-likeness (QED) is 0.319. The molecule has 0 fully saturated rings. The maximum absolute atomic E-state index is 13.8.